The van der Waals surface area contributed by atoms with Gasteiger partial charge in [0.15, 0.2) is 0 Å². The zero-order chi connectivity index (χ0) is 30.2. The molecule has 5 rings (SSSR count). The molecule has 4 aromatic carbocycles. The predicted molar refractivity (Wildman–Crippen MR) is 170 cm³/mol. The Morgan fingerprint density at radius 1 is 0.930 bits per heavy atom. The van der Waals surface area contributed by atoms with Crippen molar-refractivity contribution in [2.24, 2.45) is 0 Å². The van der Waals surface area contributed by atoms with Crippen molar-refractivity contribution < 1.29 is 19.4 Å². The average molecular weight is 596 g/mol. The number of aromatic hydroxyl groups is 1. The number of amides is 1. The molecule has 0 spiro atoms. The van der Waals surface area contributed by atoms with Crippen LogP contribution in [0.3, 0.4) is 0 Å². The van der Waals surface area contributed by atoms with Crippen LogP contribution in [-0.2, 0) is 18.0 Å². The Hall–Kier alpha value is -4.43. The molecule has 5 aromatic rings. The molecule has 0 fully saturated rings. The predicted octanol–water partition coefficient (Wildman–Crippen LogP) is 7.11. The van der Waals surface area contributed by atoms with Gasteiger partial charge in [-0.25, -0.2) is 0 Å². The molecule has 1 amide bonds. The number of fused-ring (bicyclic) bond motifs is 1. The first-order valence-corrected chi connectivity index (χ1v) is 14.5. The maximum Gasteiger partial charge on any atom is 0.258 e. The van der Waals surface area contributed by atoms with Gasteiger partial charge in [-0.2, -0.15) is 0 Å². The molecule has 7 nitrogen and oxygen atoms in total. The number of pyridine rings is 1. The third-order valence-electron chi connectivity index (χ3n) is 7.04. The number of ether oxygens (including phenoxy) is 2. The minimum atomic E-state index is -0.666. The molecule has 0 bridgehead atoms. The Morgan fingerprint density at radius 3 is 2.49 bits per heavy atom. The van der Waals surface area contributed by atoms with Crippen molar-refractivity contribution in [3.05, 3.63) is 125 Å². The lowest BCUT2D eigenvalue weighted by Gasteiger charge is -2.27. The van der Waals surface area contributed by atoms with Crippen molar-refractivity contribution in [3.8, 4) is 22.6 Å². The molecular weight excluding hydrogens is 562 g/mol. The summed E-state index contributed by atoms with van der Waals surface area (Å²) in [7, 11) is 0. The normalized spacial score (nSPS) is 11.4. The van der Waals surface area contributed by atoms with E-state index in [0.717, 1.165) is 33.0 Å². The monoisotopic (exact) mass is 595 g/mol. The van der Waals surface area contributed by atoms with Gasteiger partial charge in [0.05, 0.1) is 6.61 Å². The number of carbonyl (C=O) groups is 1. The van der Waals surface area contributed by atoms with E-state index in [4.69, 9.17) is 21.1 Å². The smallest absolute Gasteiger partial charge is 0.258 e. The first kappa shape index (κ1) is 30.0. The highest BCUT2D eigenvalue weighted by molar-refractivity contribution is 6.30. The summed E-state index contributed by atoms with van der Waals surface area (Å²) in [5.41, 5.74) is 3.48. The van der Waals surface area contributed by atoms with E-state index in [-0.39, 0.29) is 17.9 Å². The first-order valence-electron chi connectivity index (χ1n) is 14.1. The zero-order valence-corrected chi connectivity index (χ0v) is 24.9. The van der Waals surface area contributed by atoms with Crippen molar-refractivity contribution >= 4 is 28.3 Å². The number of hydrogen-bond donors (Lipinski definition) is 3. The van der Waals surface area contributed by atoms with Gasteiger partial charge >= 0.3 is 0 Å². The third kappa shape index (κ3) is 7.70. The van der Waals surface area contributed by atoms with E-state index in [0.29, 0.717) is 30.5 Å². The van der Waals surface area contributed by atoms with E-state index in [1.54, 1.807) is 18.5 Å². The number of nitrogens with zero attached hydrogens (tertiary/aromatic N) is 1. The van der Waals surface area contributed by atoms with Crippen molar-refractivity contribution in [2.45, 2.75) is 32.8 Å². The van der Waals surface area contributed by atoms with Crippen molar-refractivity contribution in [1.29, 1.82) is 0 Å². The van der Waals surface area contributed by atoms with Gasteiger partial charge in [0, 0.05) is 41.5 Å². The van der Waals surface area contributed by atoms with Crippen molar-refractivity contribution in [3.63, 3.8) is 0 Å². The molecule has 0 aliphatic carbocycles. The molecule has 220 valence electrons. The van der Waals surface area contributed by atoms with Crippen molar-refractivity contribution in [1.82, 2.24) is 15.6 Å². The summed E-state index contributed by atoms with van der Waals surface area (Å²) in [5, 5.41) is 19.3. The summed E-state index contributed by atoms with van der Waals surface area (Å²) >= 11 is 6.07. The molecule has 0 radical (unpaired) electrons. The Labute approximate surface area is 256 Å². The second kappa shape index (κ2) is 13.7. The Balaban J connectivity index is 1.20. The Morgan fingerprint density at radius 2 is 1.70 bits per heavy atom. The molecule has 0 saturated carbocycles. The van der Waals surface area contributed by atoms with Gasteiger partial charge in [-0.15, -0.1) is 0 Å². The molecule has 0 saturated heterocycles. The van der Waals surface area contributed by atoms with E-state index >= 15 is 0 Å². The number of rotatable bonds is 12. The summed E-state index contributed by atoms with van der Waals surface area (Å²) in [6.07, 6.45) is 3.39. The first-order chi connectivity index (χ1) is 20.8. The summed E-state index contributed by atoms with van der Waals surface area (Å²) < 4.78 is 12.4. The molecule has 0 aliphatic rings. The lowest BCUT2D eigenvalue weighted by atomic mass is 10.0. The lowest BCUT2D eigenvalue weighted by Crippen LogP contribution is -2.45. The van der Waals surface area contributed by atoms with E-state index < -0.39 is 11.6 Å². The Kier molecular flexibility index (Phi) is 9.57. The van der Waals surface area contributed by atoms with E-state index in [2.05, 4.69) is 21.7 Å². The molecular formula is C35H34ClN3O4. The van der Waals surface area contributed by atoms with Crippen molar-refractivity contribution in [2.75, 3.05) is 13.1 Å². The van der Waals surface area contributed by atoms with Gasteiger partial charge in [0.2, 0.25) is 0 Å². The van der Waals surface area contributed by atoms with Gasteiger partial charge in [0.25, 0.3) is 5.91 Å². The van der Waals surface area contributed by atoms with E-state index in [1.807, 2.05) is 92.7 Å². The number of benzene rings is 4. The summed E-state index contributed by atoms with van der Waals surface area (Å²) in [6, 6.07) is 28.6. The largest absolute Gasteiger partial charge is 0.507 e. The number of aromatic nitrogens is 1. The standard InChI is InChI=1S/C35H34ClN3O4/c1-35(2,43-23-27-10-4-5-11-29(27)25-13-15-28(36)16-14-25)39-19-18-38-34(41)32-31(40)20-26-9-3-6-12-30(26)33(32)42-22-24-8-7-17-37-21-24/h3-17,20-21,39-40H,18-19,22-23H2,1-2H3,(H,38,41). The minimum Gasteiger partial charge on any atom is -0.507 e. The van der Waals surface area contributed by atoms with Crippen LogP contribution in [0.1, 0.15) is 35.3 Å². The van der Waals surface area contributed by atoms with Crippen LogP contribution in [0.5, 0.6) is 11.5 Å². The summed E-state index contributed by atoms with van der Waals surface area (Å²) in [5.74, 6) is -0.247. The fourth-order valence-electron chi connectivity index (χ4n) is 4.80. The average Bonchev–Trinajstić information content (AvgIpc) is 3.02. The quantitative estimate of drug-likeness (QED) is 0.105. The van der Waals surface area contributed by atoms with Gasteiger partial charge in [0.1, 0.15) is 29.4 Å². The fourth-order valence-corrected chi connectivity index (χ4v) is 4.93. The van der Waals surface area contributed by atoms with Gasteiger partial charge in [-0.3, -0.25) is 15.1 Å². The second-order valence-corrected chi connectivity index (χ2v) is 11.1. The van der Waals surface area contributed by atoms with Gasteiger partial charge < -0.3 is 19.9 Å². The van der Waals surface area contributed by atoms with Crippen LogP contribution in [0.2, 0.25) is 5.02 Å². The second-order valence-electron chi connectivity index (χ2n) is 10.6. The highest BCUT2D eigenvalue weighted by Gasteiger charge is 2.22. The van der Waals surface area contributed by atoms with E-state index in [1.165, 1.54) is 0 Å². The van der Waals surface area contributed by atoms with Crippen LogP contribution in [0, 0.1) is 0 Å². The van der Waals surface area contributed by atoms with Crippen LogP contribution in [0.15, 0.2) is 103 Å². The van der Waals surface area contributed by atoms with E-state index in [9.17, 15) is 9.90 Å². The highest BCUT2D eigenvalue weighted by Crippen LogP contribution is 2.37. The Bertz CT molecular complexity index is 1690. The molecule has 0 atom stereocenters. The number of halogens is 1. The van der Waals surface area contributed by atoms with Crippen LogP contribution < -0.4 is 15.4 Å². The SMILES string of the molecule is CC(C)(NCCNC(=O)c1c(O)cc2ccccc2c1OCc1cccnc1)OCc1ccccc1-c1ccc(Cl)cc1. The lowest BCUT2D eigenvalue weighted by molar-refractivity contribution is -0.0531. The molecule has 0 aliphatic heterocycles. The van der Waals surface area contributed by atoms with Crippen LogP contribution in [-0.4, -0.2) is 34.8 Å². The number of phenols is 1. The number of hydrogen-bond acceptors (Lipinski definition) is 6. The van der Waals surface area contributed by atoms with Crippen LogP contribution in [0.4, 0.5) is 0 Å². The maximum atomic E-state index is 13.3. The molecule has 1 heterocycles. The van der Waals surface area contributed by atoms with Gasteiger partial charge in [-0.1, -0.05) is 78.3 Å². The topological polar surface area (TPSA) is 92.7 Å². The number of nitrogens with one attached hydrogen (secondary N) is 2. The molecule has 8 heteroatoms. The molecule has 3 N–H and O–H groups in total. The number of carbonyl (C=O) groups excluding carboxylic acids is 1. The molecule has 1 aromatic heterocycles. The zero-order valence-electron chi connectivity index (χ0n) is 24.1. The fraction of sp³-hybridized carbons (Fsp3) is 0.200. The molecule has 0 unspecified atom stereocenters. The molecule has 43 heavy (non-hydrogen) atoms. The van der Waals surface area contributed by atoms with Crippen LogP contribution >= 0.6 is 11.6 Å². The highest BCUT2D eigenvalue weighted by atomic mass is 35.5. The summed E-state index contributed by atoms with van der Waals surface area (Å²) in [6.45, 7) is 5.24. The number of phenolic OH excluding ortho intramolecular Hbond substituents is 1. The third-order valence-corrected chi connectivity index (χ3v) is 7.29. The van der Waals surface area contributed by atoms with Crippen LogP contribution in [0.25, 0.3) is 21.9 Å². The summed E-state index contributed by atoms with van der Waals surface area (Å²) in [4.78, 5) is 17.5. The maximum absolute atomic E-state index is 13.3. The van der Waals surface area contributed by atoms with Gasteiger partial charge in [-0.05, 0) is 60.2 Å². The minimum absolute atomic E-state index is 0.0944.